The number of anilines is 1. The maximum atomic E-state index is 8.84. The van der Waals surface area contributed by atoms with Gasteiger partial charge in [-0.15, -0.1) is 0 Å². The molecule has 2 heterocycles. The molecule has 1 aromatic rings. The minimum absolute atomic E-state index is 0.492. The summed E-state index contributed by atoms with van der Waals surface area (Å²) in [5.41, 5.74) is 0.492. The maximum absolute atomic E-state index is 8.84. The summed E-state index contributed by atoms with van der Waals surface area (Å²) in [4.78, 5) is 6.64. The van der Waals surface area contributed by atoms with E-state index in [2.05, 4.69) is 28.2 Å². The molecule has 0 aromatic carbocycles. The Morgan fingerprint density at radius 2 is 2.38 bits per heavy atom. The van der Waals surface area contributed by atoms with Crippen LogP contribution in [0.3, 0.4) is 0 Å². The Bertz CT molecular complexity index is 392. The first kappa shape index (κ1) is 10.9. The van der Waals surface area contributed by atoms with Gasteiger partial charge in [-0.25, -0.2) is 4.98 Å². The first-order valence-corrected chi connectivity index (χ1v) is 5.69. The van der Waals surface area contributed by atoms with Crippen molar-refractivity contribution < 1.29 is 0 Å². The number of nitriles is 1. The van der Waals surface area contributed by atoms with E-state index in [-0.39, 0.29) is 0 Å². The topological polar surface area (TPSA) is 52.0 Å². The molecule has 2 rings (SSSR count). The van der Waals surface area contributed by atoms with Crippen LogP contribution in [0.25, 0.3) is 0 Å². The summed E-state index contributed by atoms with van der Waals surface area (Å²) in [5, 5.41) is 12.1. The van der Waals surface area contributed by atoms with E-state index in [9.17, 15) is 0 Å². The molecule has 4 nitrogen and oxygen atoms in total. The molecule has 0 atom stereocenters. The molecule has 0 unspecified atom stereocenters. The highest BCUT2D eigenvalue weighted by Gasteiger charge is 2.24. The van der Waals surface area contributed by atoms with E-state index < -0.39 is 0 Å². The van der Waals surface area contributed by atoms with E-state index in [1.54, 1.807) is 6.07 Å². The van der Waals surface area contributed by atoms with Gasteiger partial charge < -0.3 is 10.2 Å². The molecule has 0 spiro atoms. The first-order chi connectivity index (χ1) is 7.85. The Kier molecular flexibility index (Phi) is 3.37. The van der Waals surface area contributed by atoms with Crippen molar-refractivity contribution in [2.24, 2.45) is 0 Å². The average molecular weight is 216 g/mol. The third kappa shape index (κ3) is 2.15. The molecule has 0 bridgehead atoms. The number of rotatable bonds is 4. The third-order valence-corrected chi connectivity index (χ3v) is 2.81. The summed E-state index contributed by atoms with van der Waals surface area (Å²) < 4.78 is 0. The van der Waals surface area contributed by atoms with Gasteiger partial charge in [0.15, 0.2) is 0 Å². The van der Waals surface area contributed by atoms with E-state index >= 15 is 0 Å². The average Bonchev–Trinajstić information content (AvgIpc) is 2.26. The highest BCUT2D eigenvalue weighted by atomic mass is 15.3. The van der Waals surface area contributed by atoms with Crippen molar-refractivity contribution in [2.75, 3.05) is 24.5 Å². The summed E-state index contributed by atoms with van der Waals surface area (Å²) >= 11 is 0. The van der Waals surface area contributed by atoms with E-state index in [0.29, 0.717) is 11.7 Å². The fourth-order valence-corrected chi connectivity index (χ4v) is 1.86. The zero-order valence-electron chi connectivity index (χ0n) is 9.48. The number of hydrogen-bond donors (Lipinski definition) is 1. The molecule has 0 aliphatic carbocycles. The van der Waals surface area contributed by atoms with E-state index in [0.717, 1.165) is 31.9 Å². The van der Waals surface area contributed by atoms with Gasteiger partial charge in [0.25, 0.3) is 0 Å². The Balaban J connectivity index is 2.20. The van der Waals surface area contributed by atoms with Gasteiger partial charge >= 0.3 is 0 Å². The maximum Gasteiger partial charge on any atom is 0.142 e. The lowest BCUT2D eigenvalue weighted by Crippen LogP contribution is -2.57. The van der Waals surface area contributed by atoms with Crippen LogP contribution in [0.2, 0.25) is 0 Å². The van der Waals surface area contributed by atoms with Gasteiger partial charge in [0.1, 0.15) is 17.6 Å². The highest BCUT2D eigenvalue weighted by molar-refractivity contribution is 5.43. The molecular weight excluding hydrogens is 200 g/mol. The van der Waals surface area contributed by atoms with Crippen LogP contribution in [0.4, 0.5) is 5.82 Å². The van der Waals surface area contributed by atoms with Crippen molar-refractivity contribution in [3.05, 3.63) is 23.9 Å². The predicted molar refractivity (Wildman–Crippen MR) is 63.2 cm³/mol. The quantitative estimate of drug-likeness (QED) is 0.820. The molecule has 1 aromatic heterocycles. The molecule has 0 amide bonds. The molecule has 0 saturated carbocycles. The molecule has 1 saturated heterocycles. The van der Waals surface area contributed by atoms with Gasteiger partial charge in [-0.3, -0.25) is 0 Å². The number of nitrogens with one attached hydrogen (secondary N) is 1. The molecule has 1 aliphatic heterocycles. The Morgan fingerprint density at radius 3 is 2.94 bits per heavy atom. The smallest absolute Gasteiger partial charge is 0.142 e. The Hall–Kier alpha value is -1.60. The van der Waals surface area contributed by atoms with Crippen molar-refractivity contribution in [2.45, 2.75) is 19.4 Å². The van der Waals surface area contributed by atoms with Gasteiger partial charge in [0.05, 0.1) is 6.04 Å². The molecule has 16 heavy (non-hydrogen) atoms. The van der Waals surface area contributed by atoms with Crippen LogP contribution in [0.5, 0.6) is 0 Å². The summed E-state index contributed by atoms with van der Waals surface area (Å²) in [6, 6.07) is 8.24. The molecule has 1 aliphatic rings. The second-order valence-corrected chi connectivity index (χ2v) is 4.00. The second kappa shape index (κ2) is 4.95. The highest BCUT2D eigenvalue weighted by Crippen LogP contribution is 2.17. The van der Waals surface area contributed by atoms with Crippen LogP contribution in [0.15, 0.2) is 18.2 Å². The van der Waals surface area contributed by atoms with Crippen LogP contribution in [-0.4, -0.2) is 30.7 Å². The second-order valence-electron chi connectivity index (χ2n) is 4.00. The van der Waals surface area contributed by atoms with Crippen molar-refractivity contribution in [3.63, 3.8) is 0 Å². The number of pyridine rings is 1. The molecule has 4 heteroatoms. The lowest BCUT2D eigenvalue weighted by Gasteiger charge is -2.39. The molecule has 1 N–H and O–H groups in total. The molecule has 1 fully saturated rings. The molecular formula is C12H16N4. The molecule has 0 radical (unpaired) electrons. The number of hydrogen-bond acceptors (Lipinski definition) is 4. The fourth-order valence-electron chi connectivity index (χ4n) is 1.86. The van der Waals surface area contributed by atoms with Crippen molar-refractivity contribution >= 4 is 5.82 Å². The fraction of sp³-hybridized carbons (Fsp3) is 0.500. The lowest BCUT2D eigenvalue weighted by molar-refractivity contribution is 0.410. The van der Waals surface area contributed by atoms with Crippen molar-refractivity contribution in [1.82, 2.24) is 10.3 Å². The van der Waals surface area contributed by atoms with Crippen LogP contribution in [0, 0.1) is 11.3 Å². The largest absolute Gasteiger partial charge is 0.351 e. The van der Waals surface area contributed by atoms with Crippen LogP contribution >= 0.6 is 0 Å². The van der Waals surface area contributed by atoms with Gasteiger partial charge in [0, 0.05) is 19.6 Å². The van der Waals surface area contributed by atoms with Gasteiger partial charge in [-0.05, 0) is 18.6 Å². The zero-order chi connectivity index (χ0) is 11.4. The minimum Gasteiger partial charge on any atom is -0.351 e. The Labute approximate surface area is 95.9 Å². The predicted octanol–water partition coefficient (Wildman–Crippen LogP) is 1.14. The van der Waals surface area contributed by atoms with Crippen molar-refractivity contribution in [1.29, 1.82) is 5.26 Å². The van der Waals surface area contributed by atoms with Crippen molar-refractivity contribution in [3.8, 4) is 6.07 Å². The minimum atomic E-state index is 0.492. The van der Waals surface area contributed by atoms with Crippen LogP contribution in [-0.2, 0) is 0 Å². The van der Waals surface area contributed by atoms with Gasteiger partial charge in [-0.1, -0.05) is 13.0 Å². The van der Waals surface area contributed by atoms with E-state index in [4.69, 9.17) is 5.26 Å². The summed E-state index contributed by atoms with van der Waals surface area (Å²) in [5.74, 6) is 0.924. The third-order valence-electron chi connectivity index (χ3n) is 2.81. The van der Waals surface area contributed by atoms with Crippen LogP contribution < -0.4 is 10.2 Å². The first-order valence-electron chi connectivity index (χ1n) is 5.69. The zero-order valence-corrected chi connectivity index (χ0v) is 9.48. The number of aromatic nitrogens is 1. The SMILES string of the molecule is CCCN(c1cccc(C#N)n1)C1CNC1. The van der Waals surface area contributed by atoms with Gasteiger partial charge in [-0.2, -0.15) is 5.26 Å². The number of nitrogens with zero attached hydrogens (tertiary/aromatic N) is 3. The van der Waals surface area contributed by atoms with Gasteiger partial charge in [0.2, 0.25) is 0 Å². The lowest BCUT2D eigenvalue weighted by atomic mass is 10.1. The Morgan fingerprint density at radius 1 is 1.56 bits per heavy atom. The van der Waals surface area contributed by atoms with E-state index in [1.165, 1.54) is 0 Å². The standard InChI is InChI=1S/C12H16N4/c1-2-6-16(11-8-14-9-11)12-5-3-4-10(7-13)15-12/h3-5,11,14H,2,6,8-9H2,1H3. The normalized spacial score (nSPS) is 15.2. The molecule has 84 valence electrons. The monoisotopic (exact) mass is 216 g/mol. The summed E-state index contributed by atoms with van der Waals surface area (Å²) in [7, 11) is 0. The summed E-state index contributed by atoms with van der Waals surface area (Å²) in [6.07, 6.45) is 1.09. The van der Waals surface area contributed by atoms with E-state index in [1.807, 2.05) is 12.1 Å². The summed E-state index contributed by atoms with van der Waals surface area (Å²) in [6.45, 7) is 5.18. The van der Waals surface area contributed by atoms with Crippen LogP contribution in [0.1, 0.15) is 19.0 Å².